The van der Waals surface area contributed by atoms with Gasteiger partial charge in [-0.3, -0.25) is 0 Å². The van der Waals surface area contributed by atoms with E-state index in [0.29, 0.717) is 0 Å². The molecule has 0 aliphatic rings. The Kier molecular flexibility index (Phi) is 61.9. The Morgan fingerprint density at radius 3 is 0.325 bits per heavy atom. The maximum atomic E-state index is 8.39. The highest BCUT2D eigenvalue weighted by Gasteiger charge is 2.04. The number of quaternary nitrogens is 5. The van der Waals surface area contributed by atoms with Gasteiger partial charge < -0.3 is 110 Å². The van der Waals surface area contributed by atoms with Crippen LogP contribution in [0.5, 0.6) is 0 Å². The summed E-state index contributed by atoms with van der Waals surface area (Å²) in [5, 5.41) is 41.9. The van der Waals surface area contributed by atoms with E-state index in [1.165, 1.54) is 0 Å². The molecule has 0 unspecified atom stereocenters. The highest BCUT2D eigenvalue weighted by molar-refractivity contribution is 4.21. The minimum Gasteiger partial charge on any atom is -1.00 e. The summed E-state index contributed by atoms with van der Waals surface area (Å²) in [5.41, 5.74) is 0. The Bertz CT molecular complexity index is 347. The molecule has 260 valence electrons. The number of rotatable bonds is 10. The number of aliphatic hydroxyl groups is 5. The van der Waals surface area contributed by atoms with Gasteiger partial charge in [-0.2, -0.15) is 0 Å². The molecule has 10 nitrogen and oxygen atoms in total. The molecule has 0 aliphatic heterocycles. The first-order chi connectivity index (χ1) is 15.3. The largest absolute Gasteiger partial charge is 1.00 e. The van der Waals surface area contributed by atoms with Crippen molar-refractivity contribution in [3.8, 4) is 0 Å². The van der Waals surface area contributed by atoms with Gasteiger partial charge in [0.05, 0.1) is 139 Å². The molecule has 0 aromatic rings. The van der Waals surface area contributed by atoms with Crippen LogP contribution in [-0.2, 0) is 0 Å². The van der Waals surface area contributed by atoms with Crippen molar-refractivity contribution in [3.05, 3.63) is 0 Å². The van der Waals surface area contributed by atoms with Crippen LogP contribution in [-0.4, -0.2) is 219 Å². The van der Waals surface area contributed by atoms with Crippen LogP contribution in [0.25, 0.3) is 0 Å². The number of aliphatic hydroxyl groups excluding tert-OH is 5. The zero-order chi connectivity index (χ0) is 29.6. The van der Waals surface area contributed by atoms with Crippen molar-refractivity contribution in [2.75, 3.05) is 171 Å². The Morgan fingerprint density at radius 1 is 0.250 bits per heavy atom. The Hall–Kier alpha value is 1.05. The minimum atomic E-state index is 0. The first-order valence-electron chi connectivity index (χ1n) is 12.4. The van der Waals surface area contributed by atoms with E-state index in [-0.39, 0.29) is 95.1 Å². The van der Waals surface area contributed by atoms with Gasteiger partial charge in [-0.05, 0) is 0 Å². The van der Waals surface area contributed by atoms with Gasteiger partial charge in [-0.25, -0.2) is 0 Å². The van der Waals surface area contributed by atoms with Gasteiger partial charge in [0.25, 0.3) is 0 Å². The highest BCUT2D eigenvalue weighted by atomic mass is 35.5. The van der Waals surface area contributed by atoms with Gasteiger partial charge in [-0.1, -0.05) is 0 Å². The van der Waals surface area contributed by atoms with Crippen LogP contribution in [0.1, 0.15) is 0 Å². The molecular formula is C25H70Cl5N5O5. The van der Waals surface area contributed by atoms with Crippen molar-refractivity contribution >= 4 is 0 Å². The van der Waals surface area contributed by atoms with Gasteiger partial charge in [0.1, 0.15) is 32.7 Å². The van der Waals surface area contributed by atoms with E-state index in [1.54, 1.807) is 0 Å². The lowest BCUT2D eigenvalue weighted by atomic mass is 10.5. The summed E-state index contributed by atoms with van der Waals surface area (Å²) in [4.78, 5) is 0. The average molecular weight is 698 g/mol. The molecule has 0 amide bonds. The number of hydrogen-bond donors (Lipinski definition) is 5. The van der Waals surface area contributed by atoms with Crippen LogP contribution in [0.4, 0.5) is 0 Å². The highest BCUT2D eigenvalue weighted by Crippen LogP contribution is 1.87. The molecule has 0 rings (SSSR count). The topological polar surface area (TPSA) is 101 Å². The maximum absolute atomic E-state index is 8.39. The van der Waals surface area contributed by atoms with Crippen molar-refractivity contribution in [3.63, 3.8) is 0 Å². The summed E-state index contributed by atoms with van der Waals surface area (Å²) < 4.78 is 4.22. The molecule has 0 aromatic heterocycles. The predicted octanol–water partition coefficient (Wildman–Crippen LogP) is -16.6. The summed E-state index contributed by atoms with van der Waals surface area (Å²) >= 11 is 0. The number of hydrogen-bond acceptors (Lipinski definition) is 5. The van der Waals surface area contributed by atoms with E-state index in [9.17, 15) is 0 Å². The van der Waals surface area contributed by atoms with Gasteiger partial charge in [0, 0.05) is 0 Å². The number of halogens is 5. The van der Waals surface area contributed by atoms with Crippen LogP contribution in [0, 0.1) is 0 Å². The predicted molar refractivity (Wildman–Crippen MR) is 150 cm³/mol. The molecule has 0 aromatic carbocycles. The van der Waals surface area contributed by atoms with Gasteiger partial charge in [-0.15, -0.1) is 0 Å². The quantitative estimate of drug-likeness (QED) is 0.146. The summed E-state index contributed by atoms with van der Waals surface area (Å²) in [6, 6.07) is 0. The second kappa shape index (κ2) is 36.2. The van der Waals surface area contributed by atoms with Crippen molar-refractivity contribution in [2.24, 2.45) is 0 Å². The summed E-state index contributed by atoms with van der Waals surface area (Å²) in [7, 11) is 30.8. The summed E-state index contributed by atoms with van der Waals surface area (Å²) in [5.74, 6) is 0. The van der Waals surface area contributed by atoms with E-state index in [1.807, 2.05) is 0 Å². The molecule has 0 spiro atoms. The van der Waals surface area contributed by atoms with Crippen LogP contribution < -0.4 is 62.0 Å². The van der Waals surface area contributed by atoms with Crippen molar-refractivity contribution < 1.29 is 110 Å². The first kappa shape index (κ1) is 68.3. The third kappa shape index (κ3) is 128. The lowest BCUT2D eigenvalue weighted by molar-refractivity contribution is -0.870. The fourth-order valence-electron chi connectivity index (χ4n) is 1.50. The molecule has 0 aliphatic carbocycles. The van der Waals surface area contributed by atoms with Crippen LogP contribution in [0.2, 0.25) is 0 Å². The second-order valence-electron chi connectivity index (χ2n) is 13.7. The average Bonchev–Trinajstić information content (AvgIpc) is 2.51. The van der Waals surface area contributed by atoms with Crippen molar-refractivity contribution in [2.45, 2.75) is 0 Å². The summed E-state index contributed by atoms with van der Waals surface area (Å²) in [6.45, 7) is 5.57. The lowest BCUT2D eigenvalue weighted by Gasteiger charge is -2.21. The molecule has 0 atom stereocenters. The van der Waals surface area contributed by atoms with Gasteiger partial charge in [0.2, 0.25) is 0 Å². The second-order valence-corrected chi connectivity index (χ2v) is 13.7. The first-order valence-corrected chi connectivity index (χ1v) is 12.4. The Balaban J connectivity index is -0.0000000341. The van der Waals surface area contributed by atoms with Crippen LogP contribution >= 0.6 is 0 Å². The van der Waals surface area contributed by atoms with Crippen LogP contribution in [0.15, 0.2) is 0 Å². The molecule has 40 heavy (non-hydrogen) atoms. The maximum Gasteiger partial charge on any atom is 0.101 e. The minimum absolute atomic E-state index is 0. The Morgan fingerprint density at radius 2 is 0.325 bits per heavy atom. The SMILES string of the molecule is C[N+](C)(C)CCO.C[N+](C)(C)CCO.C[N+](C)(C)CCO.C[N+](C)(C)CCO.C[N+](C)(C)CCO.[Cl-].[Cl-].[Cl-].[Cl-].[Cl-]. The molecule has 15 heteroatoms. The Labute approximate surface area is 280 Å². The zero-order valence-corrected chi connectivity index (χ0v) is 32.2. The lowest BCUT2D eigenvalue weighted by Crippen LogP contribution is -3.00. The summed E-state index contributed by atoms with van der Waals surface area (Å²) in [6.07, 6.45) is 0. The molecule has 0 bridgehead atoms. The van der Waals surface area contributed by atoms with Gasteiger partial charge in [0.15, 0.2) is 0 Å². The van der Waals surface area contributed by atoms with E-state index < -0.39 is 0 Å². The third-order valence-electron chi connectivity index (χ3n) is 3.85. The molecule has 0 heterocycles. The molecule has 5 N–H and O–H groups in total. The number of likely N-dealkylation sites (N-methyl/N-ethyl adjacent to an activating group) is 5. The van der Waals surface area contributed by atoms with E-state index >= 15 is 0 Å². The molecule has 0 fully saturated rings. The van der Waals surface area contributed by atoms with E-state index in [0.717, 1.165) is 55.1 Å². The monoisotopic (exact) mass is 695 g/mol. The molecule has 0 radical (unpaired) electrons. The van der Waals surface area contributed by atoms with Crippen molar-refractivity contribution in [1.29, 1.82) is 0 Å². The molecule has 0 saturated heterocycles. The normalized spacial score (nSPS) is 10.5. The zero-order valence-electron chi connectivity index (χ0n) is 28.4. The van der Waals surface area contributed by atoms with Gasteiger partial charge >= 0.3 is 0 Å². The fraction of sp³-hybridized carbons (Fsp3) is 1.00. The standard InChI is InChI=1S/5C5H14NO.5ClH/c5*1-6(2,3)4-5-7;;;;;/h5*7H,4-5H2,1-3H3;5*1H/q5*+1;;;;;/p-5. The molecular weight excluding hydrogens is 628 g/mol. The molecule has 0 saturated carbocycles. The fourth-order valence-corrected chi connectivity index (χ4v) is 1.50. The van der Waals surface area contributed by atoms with Crippen molar-refractivity contribution in [1.82, 2.24) is 0 Å². The number of nitrogens with zero attached hydrogens (tertiary/aromatic N) is 5. The van der Waals surface area contributed by atoms with E-state index in [2.05, 4.69) is 106 Å². The smallest absolute Gasteiger partial charge is 0.101 e. The van der Waals surface area contributed by atoms with Crippen LogP contribution in [0.3, 0.4) is 0 Å². The third-order valence-corrected chi connectivity index (χ3v) is 3.85. The van der Waals surface area contributed by atoms with E-state index in [4.69, 9.17) is 25.5 Å².